The fourth-order valence-corrected chi connectivity index (χ4v) is 2.68. The highest BCUT2D eigenvalue weighted by Crippen LogP contribution is 2.32. The lowest BCUT2D eigenvalue weighted by Gasteiger charge is -2.10. The van der Waals surface area contributed by atoms with Crippen LogP contribution in [0.3, 0.4) is 0 Å². The number of hydrogen-bond acceptors (Lipinski definition) is 3. The van der Waals surface area contributed by atoms with E-state index in [-0.39, 0.29) is 0 Å². The zero-order valence-corrected chi connectivity index (χ0v) is 12.3. The van der Waals surface area contributed by atoms with Crippen LogP contribution in [0.25, 0.3) is 22.5 Å². The first-order valence-corrected chi connectivity index (χ1v) is 6.86. The van der Waals surface area contributed by atoms with Crippen LogP contribution in [0.2, 0.25) is 0 Å². The molecule has 1 aromatic heterocycles. The lowest BCUT2D eigenvalue weighted by Crippen LogP contribution is -1.96. The Kier molecular flexibility index (Phi) is 3.28. The van der Waals surface area contributed by atoms with Gasteiger partial charge in [0.2, 0.25) is 0 Å². The number of aromatic nitrogens is 2. The van der Waals surface area contributed by atoms with Gasteiger partial charge in [-0.15, -0.1) is 0 Å². The van der Waals surface area contributed by atoms with Gasteiger partial charge in [-0.1, -0.05) is 51.4 Å². The first-order valence-electron chi connectivity index (χ1n) is 6.07. The molecule has 4 nitrogen and oxygen atoms in total. The predicted octanol–water partition coefficient (Wildman–Crippen LogP) is 3.77. The standard InChI is InChI=1S/C15H11BrN2O2/c1-9-8-10(16)6-7-11(9)12-4-2-3-5-13(12)14-17-15(19)20-18-14/h2-8H,1H3,(H,17,18,19). The van der Waals surface area contributed by atoms with Crippen LogP contribution in [0.4, 0.5) is 0 Å². The van der Waals surface area contributed by atoms with Gasteiger partial charge in [0.15, 0.2) is 5.82 Å². The molecule has 0 amide bonds. The van der Waals surface area contributed by atoms with Gasteiger partial charge in [0, 0.05) is 10.0 Å². The van der Waals surface area contributed by atoms with Crippen molar-refractivity contribution in [1.29, 1.82) is 0 Å². The lowest BCUT2D eigenvalue weighted by atomic mass is 9.96. The van der Waals surface area contributed by atoms with Gasteiger partial charge in [-0.05, 0) is 35.7 Å². The molecule has 1 heterocycles. The Morgan fingerprint density at radius 1 is 1.10 bits per heavy atom. The molecule has 5 heteroatoms. The molecule has 0 saturated carbocycles. The second-order valence-electron chi connectivity index (χ2n) is 4.45. The molecule has 0 aliphatic heterocycles. The lowest BCUT2D eigenvalue weighted by molar-refractivity contribution is 0.388. The fraction of sp³-hybridized carbons (Fsp3) is 0.0667. The Morgan fingerprint density at radius 3 is 2.50 bits per heavy atom. The third-order valence-electron chi connectivity index (χ3n) is 3.10. The molecular formula is C15H11BrN2O2. The van der Waals surface area contributed by atoms with E-state index in [0.29, 0.717) is 5.82 Å². The van der Waals surface area contributed by atoms with Crippen molar-refractivity contribution in [2.45, 2.75) is 6.92 Å². The third-order valence-corrected chi connectivity index (χ3v) is 3.59. The SMILES string of the molecule is Cc1cc(Br)ccc1-c1ccccc1-c1noc(=O)[nH]1. The molecule has 0 fully saturated rings. The highest BCUT2D eigenvalue weighted by atomic mass is 79.9. The minimum Gasteiger partial charge on any atom is -0.296 e. The molecule has 20 heavy (non-hydrogen) atoms. The molecule has 0 bridgehead atoms. The summed E-state index contributed by atoms with van der Waals surface area (Å²) in [7, 11) is 0. The van der Waals surface area contributed by atoms with Crippen molar-refractivity contribution in [1.82, 2.24) is 10.1 Å². The number of nitrogens with zero attached hydrogens (tertiary/aromatic N) is 1. The number of H-pyrrole nitrogens is 1. The molecule has 0 saturated heterocycles. The van der Waals surface area contributed by atoms with E-state index in [1.807, 2.05) is 43.3 Å². The summed E-state index contributed by atoms with van der Waals surface area (Å²) in [5.41, 5.74) is 4.07. The van der Waals surface area contributed by atoms with Gasteiger partial charge in [-0.25, -0.2) is 4.79 Å². The van der Waals surface area contributed by atoms with E-state index in [1.165, 1.54) is 0 Å². The summed E-state index contributed by atoms with van der Waals surface area (Å²) in [4.78, 5) is 13.7. The number of rotatable bonds is 2. The number of aromatic amines is 1. The molecular weight excluding hydrogens is 320 g/mol. The molecule has 3 aromatic rings. The van der Waals surface area contributed by atoms with E-state index in [0.717, 1.165) is 26.7 Å². The van der Waals surface area contributed by atoms with Crippen molar-refractivity contribution in [3.05, 3.63) is 63.1 Å². The monoisotopic (exact) mass is 330 g/mol. The number of hydrogen-bond donors (Lipinski definition) is 1. The van der Waals surface area contributed by atoms with Gasteiger partial charge in [0.25, 0.3) is 0 Å². The van der Waals surface area contributed by atoms with Crippen molar-refractivity contribution in [3.8, 4) is 22.5 Å². The average Bonchev–Trinajstić information content (AvgIpc) is 2.85. The quantitative estimate of drug-likeness (QED) is 0.778. The van der Waals surface area contributed by atoms with Crippen LogP contribution in [0.1, 0.15) is 5.56 Å². The summed E-state index contributed by atoms with van der Waals surface area (Å²) in [5.74, 6) is -0.116. The first kappa shape index (κ1) is 12.9. The van der Waals surface area contributed by atoms with Gasteiger partial charge in [-0.2, -0.15) is 0 Å². The zero-order valence-electron chi connectivity index (χ0n) is 10.7. The topological polar surface area (TPSA) is 58.9 Å². The van der Waals surface area contributed by atoms with Gasteiger partial charge in [-0.3, -0.25) is 9.51 Å². The van der Waals surface area contributed by atoms with Crippen LogP contribution in [0.15, 0.2) is 56.3 Å². The number of aryl methyl sites for hydroxylation is 1. The third kappa shape index (κ3) is 2.32. The highest BCUT2D eigenvalue weighted by Gasteiger charge is 2.12. The van der Waals surface area contributed by atoms with Crippen LogP contribution in [-0.2, 0) is 0 Å². The van der Waals surface area contributed by atoms with Gasteiger partial charge in [0.05, 0.1) is 0 Å². The normalized spacial score (nSPS) is 10.7. The molecule has 0 unspecified atom stereocenters. The van der Waals surface area contributed by atoms with Crippen LogP contribution < -0.4 is 5.76 Å². The first-order chi connectivity index (χ1) is 9.65. The molecule has 3 rings (SSSR count). The Balaban J connectivity index is 2.22. The summed E-state index contributed by atoms with van der Waals surface area (Å²) in [5, 5.41) is 3.77. The predicted molar refractivity (Wildman–Crippen MR) is 80.4 cm³/mol. The molecule has 0 spiro atoms. The molecule has 100 valence electrons. The van der Waals surface area contributed by atoms with Gasteiger partial charge < -0.3 is 0 Å². The van der Waals surface area contributed by atoms with Crippen LogP contribution in [-0.4, -0.2) is 10.1 Å². The second kappa shape index (κ2) is 5.09. The smallest absolute Gasteiger partial charge is 0.296 e. The highest BCUT2D eigenvalue weighted by molar-refractivity contribution is 9.10. The number of nitrogens with one attached hydrogen (secondary N) is 1. The zero-order chi connectivity index (χ0) is 14.1. The van der Waals surface area contributed by atoms with Crippen molar-refractivity contribution < 1.29 is 4.52 Å². The molecule has 0 aliphatic carbocycles. The second-order valence-corrected chi connectivity index (χ2v) is 5.36. The number of halogens is 1. The largest absolute Gasteiger partial charge is 0.439 e. The van der Waals surface area contributed by atoms with Crippen molar-refractivity contribution in [2.24, 2.45) is 0 Å². The van der Waals surface area contributed by atoms with E-state index < -0.39 is 5.76 Å². The number of benzene rings is 2. The van der Waals surface area contributed by atoms with Gasteiger partial charge >= 0.3 is 5.76 Å². The summed E-state index contributed by atoms with van der Waals surface area (Å²) in [6.45, 7) is 2.04. The van der Waals surface area contributed by atoms with E-state index in [9.17, 15) is 4.79 Å². The Hall–Kier alpha value is -2.14. The summed E-state index contributed by atoms with van der Waals surface area (Å²) in [6, 6.07) is 13.8. The summed E-state index contributed by atoms with van der Waals surface area (Å²) < 4.78 is 5.62. The van der Waals surface area contributed by atoms with E-state index >= 15 is 0 Å². The van der Waals surface area contributed by atoms with Crippen molar-refractivity contribution in [3.63, 3.8) is 0 Å². The maximum Gasteiger partial charge on any atom is 0.439 e. The fourth-order valence-electron chi connectivity index (χ4n) is 2.20. The van der Waals surface area contributed by atoms with Crippen molar-refractivity contribution >= 4 is 15.9 Å². The minimum absolute atomic E-state index is 0.438. The Morgan fingerprint density at radius 2 is 1.85 bits per heavy atom. The molecule has 1 N–H and O–H groups in total. The average molecular weight is 331 g/mol. The maximum atomic E-state index is 11.1. The Labute approximate surface area is 123 Å². The molecule has 0 atom stereocenters. The van der Waals surface area contributed by atoms with Crippen molar-refractivity contribution in [2.75, 3.05) is 0 Å². The van der Waals surface area contributed by atoms with Crippen LogP contribution >= 0.6 is 15.9 Å². The van der Waals surface area contributed by atoms with Crippen LogP contribution in [0, 0.1) is 6.92 Å². The van der Waals surface area contributed by atoms with Gasteiger partial charge in [0.1, 0.15) is 0 Å². The summed E-state index contributed by atoms with van der Waals surface area (Å²) in [6.07, 6.45) is 0. The minimum atomic E-state index is -0.553. The molecule has 0 aliphatic rings. The Bertz CT molecular complexity index is 820. The maximum absolute atomic E-state index is 11.1. The van der Waals surface area contributed by atoms with Crippen LogP contribution in [0.5, 0.6) is 0 Å². The summed E-state index contributed by atoms with van der Waals surface area (Å²) >= 11 is 3.46. The molecule has 2 aromatic carbocycles. The van der Waals surface area contributed by atoms with E-state index in [4.69, 9.17) is 0 Å². The molecule has 0 radical (unpaired) electrons. The van der Waals surface area contributed by atoms with E-state index in [2.05, 4.69) is 36.7 Å². The van der Waals surface area contributed by atoms with E-state index in [1.54, 1.807) is 0 Å².